The van der Waals surface area contributed by atoms with Gasteiger partial charge in [-0.05, 0) is 66.1 Å². The van der Waals surface area contributed by atoms with E-state index in [0.29, 0.717) is 22.3 Å². The van der Waals surface area contributed by atoms with Crippen LogP contribution in [-0.4, -0.2) is 29.0 Å². The van der Waals surface area contributed by atoms with Crippen LogP contribution in [0, 0.1) is 0 Å². The summed E-state index contributed by atoms with van der Waals surface area (Å²) in [6.07, 6.45) is 0. The van der Waals surface area contributed by atoms with Crippen LogP contribution in [0.5, 0.6) is 0 Å². The highest BCUT2D eigenvalue weighted by Crippen LogP contribution is 2.15. The molecule has 170 valence electrons. The van der Waals surface area contributed by atoms with Gasteiger partial charge in [-0.3, -0.25) is 9.59 Å². The first-order chi connectivity index (χ1) is 16.4. The minimum absolute atomic E-state index is 0.0945. The van der Waals surface area contributed by atoms with Gasteiger partial charge in [-0.25, -0.2) is 0 Å². The summed E-state index contributed by atoms with van der Waals surface area (Å²) < 4.78 is 0.991. The van der Waals surface area contributed by atoms with Gasteiger partial charge in [0.1, 0.15) is 0 Å². The van der Waals surface area contributed by atoms with Crippen molar-refractivity contribution >= 4 is 51.7 Å². The van der Waals surface area contributed by atoms with E-state index in [-0.39, 0.29) is 11.8 Å². The molecule has 4 rings (SSSR count). The number of carbonyl (C=O) groups is 2. The first-order valence-electron chi connectivity index (χ1n) is 10.4. The van der Waals surface area contributed by atoms with Crippen molar-refractivity contribution in [3.8, 4) is 0 Å². The summed E-state index contributed by atoms with van der Waals surface area (Å²) in [7, 11) is -1.50. The molecule has 0 saturated heterocycles. The Hall–Kier alpha value is -3.72. The van der Waals surface area contributed by atoms with E-state index < -0.39 is 7.12 Å². The molecule has 4 N–H and O–H groups in total. The quantitative estimate of drug-likeness (QED) is 0.297. The van der Waals surface area contributed by atoms with Gasteiger partial charge in [0.15, 0.2) is 0 Å². The highest BCUT2D eigenvalue weighted by molar-refractivity contribution is 9.10. The zero-order valence-electron chi connectivity index (χ0n) is 18.1. The van der Waals surface area contributed by atoms with Gasteiger partial charge >= 0.3 is 7.12 Å². The average molecular weight is 517 g/mol. The van der Waals surface area contributed by atoms with E-state index in [9.17, 15) is 9.59 Å². The van der Waals surface area contributed by atoms with Crippen LogP contribution in [0.25, 0.3) is 0 Å². The van der Waals surface area contributed by atoms with Crippen molar-refractivity contribution in [2.24, 2.45) is 0 Å². The number of rotatable bonds is 5. The Kier molecular flexibility index (Phi) is 9.16. The molecule has 8 heteroatoms. The molecule has 0 aromatic heterocycles. The number of hydrogen-bond acceptors (Lipinski definition) is 4. The number of carbonyl (C=O) groups excluding carboxylic acids is 2. The van der Waals surface area contributed by atoms with Crippen molar-refractivity contribution in [3.63, 3.8) is 0 Å². The van der Waals surface area contributed by atoms with E-state index in [1.807, 2.05) is 48.5 Å². The molecular weight excluding hydrogens is 495 g/mol. The van der Waals surface area contributed by atoms with Gasteiger partial charge in [-0.15, -0.1) is 0 Å². The molecule has 0 bridgehead atoms. The molecule has 0 aliphatic carbocycles. The molecule has 0 spiro atoms. The highest BCUT2D eigenvalue weighted by atomic mass is 79.9. The number of anilines is 2. The summed E-state index contributed by atoms with van der Waals surface area (Å²) in [6, 6.07) is 31.8. The van der Waals surface area contributed by atoms with Crippen LogP contribution in [0.15, 0.2) is 114 Å². The number of nitrogens with one attached hydrogen (secondary N) is 2. The van der Waals surface area contributed by atoms with Gasteiger partial charge in [0.05, 0.1) is 0 Å². The summed E-state index contributed by atoms with van der Waals surface area (Å²) in [5, 5.41) is 23.4. The van der Waals surface area contributed by atoms with E-state index in [4.69, 9.17) is 10.0 Å². The van der Waals surface area contributed by atoms with E-state index in [0.717, 1.165) is 10.2 Å². The van der Waals surface area contributed by atoms with Crippen LogP contribution in [0.1, 0.15) is 20.7 Å². The third-order valence-corrected chi connectivity index (χ3v) is 5.17. The number of hydrogen-bond donors (Lipinski definition) is 4. The maximum atomic E-state index is 11.8. The lowest BCUT2D eigenvalue weighted by atomic mass is 9.80. The zero-order valence-corrected chi connectivity index (χ0v) is 19.6. The van der Waals surface area contributed by atoms with E-state index >= 15 is 0 Å². The molecule has 0 heterocycles. The second-order valence-corrected chi connectivity index (χ2v) is 8.06. The summed E-state index contributed by atoms with van der Waals surface area (Å²) in [5.41, 5.74) is 3.01. The lowest BCUT2D eigenvalue weighted by Crippen LogP contribution is -2.29. The predicted octanol–water partition coefficient (Wildman–Crippen LogP) is 4.32. The maximum absolute atomic E-state index is 11.8. The molecule has 0 atom stereocenters. The number of benzene rings is 4. The summed E-state index contributed by atoms with van der Waals surface area (Å²) in [4.78, 5) is 23.6. The monoisotopic (exact) mass is 516 g/mol. The Morgan fingerprint density at radius 2 is 0.971 bits per heavy atom. The van der Waals surface area contributed by atoms with Gasteiger partial charge < -0.3 is 20.7 Å². The predicted molar refractivity (Wildman–Crippen MR) is 139 cm³/mol. The van der Waals surface area contributed by atoms with Crippen molar-refractivity contribution in [2.45, 2.75) is 0 Å². The van der Waals surface area contributed by atoms with Gasteiger partial charge in [0.2, 0.25) is 0 Å². The molecule has 0 saturated carbocycles. The number of amides is 2. The minimum Gasteiger partial charge on any atom is -0.423 e. The Morgan fingerprint density at radius 1 is 0.588 bits per heavy atom. The second kappa shape index (κ2) is 12.5. The Balaban J connectivity index is 0.000000192. The van der Waals surface area contributed by atoms with E-state index in [2.05, 4.69) is 26.6 Å². The molecule has 0 aliphatic rings. The normalized spacial score (nSPS) is 9.85. The highest BCUT2D eigenvalue weighted by Gasteiger charge is 2.11. The first kappa shape index (κ1) is 24.9. The van der Waals surface area contributed by atoms with E-state index in [1.54, 1.807) is 60.7 Å². The molecular formula is C26H22BBrN2O4. The average Bonchev–Trinajstić information content (AvgIpc) is 2.87. The Labute approximate surface area is 206 Å². The van der Waals surface area contributed by atoms with Gasteiger partial charge in [-0.1, -0.05) is 64.5 Å². The second-order valence-electron chi connectivity index (χ2n) is 7.14. The summed E-state index contributed by atoms with van der Waals surface area (Å²) in [5.74, 6) is -0.296. The topological polar surface area (TPSA) is 98.7 Å². The minimum atomic E-state index is -1.50. The van der Waals surface area contributed by atoms with Gasteiger partial charge in [0, 0.05) is 27.0 Å². The number of halogens is 1. The first-order valence-corrected chi connectivity index (χ1v) is 11.2. The molecule has 0 unspecified atom stereocenters. The van der Waals surface area contributed by atoms with Crippen molar-refractivity contribution in [3.05, 3.63) is 125 Å². The largest absolute Gasteiger partial charge is 0.488 e. The Morgan fingerprint density at radius 3 is 1.35 bits per heavy atom. The molecule has 34 heavy (non-hydrogen) atoms. The molecule has 0 radical (unpaired) electrons. The third kappa shape index (κ3) is 7.70. The summed E-state index contributed by atoms with van der Waals surface area (Å²) in [6.45, 7) is 0. The van der Waals surface area contributed by atoms with Crippen molar-refractivity contribution in [1.29, 1.82) is 0 Å². The molecule has 0 fully saturated rings. The lowest BCUT2D eigenvalue weighted by Gasteiger charge is -2.06. The van der Waals surface area contributed by atoms with Crippen LogP contribution in [0.4, 0.5) is 11.4 Å². The molecule has 0 aliphatic heterocycles. The SMILES string of the molecule is O=C(Nc1ccc(B(O)O)cc1)c1ccccc1.O=C(Nc1ccc(Br)cc1)c1ccccc1. The van der Waals surface area contributed by atoms with Gasteiger partial charge in [-0.2, -0.15) is 0 Å². The fraction of sp³-hybridized carbons (Fsp3) is 0. The Bertz CT molecular complexity index is 1200. The summed E-state index contributed by atoms with van der Waals surface area (Å²) >= 11 is 3.34. The van der Waals surface area contributed by atoms with Crippen LogP contribution in [0.3, 0.4) is 0 Å². The fourth-order valence-corrected chi connectivity index (χ4v) is 3.12. The van der Waals surface area contributed by atoms with Gasteiger partial charge in [0.25, 0.3) is 11.8 Å². The van der Waals surface area contributed by atoms with Crippen molar-refractivity contribution in [1.82, 2.24) is 0 Å². The standard InChI is InChI=1S/C13H12BNO3.C13H10BrNO/c16-13(10-4-2-1-3-5-10)15-12-8-6-11(7-9-12)14(17)18;14-11-6-8-12(9-7-11)15-13(16)10-4-2-1-3-5-10/h1-9,17-18H,(H,15,16);1-9H,(H,15,16). The molecule has 2 amide bonds. The van der Waals surface area contributed by atoms with Crippen LogP contribution >= 0.6 is 15.9 Å². The molecule has 6 nitrogen and oxygen atoms in total. The maximum Gasteiger partial charge on any atom is 0.488 e. The smallest absolute Gasteiger partial charge is 0.423 e. The molecule has 4 aromatic rings. The lowest BCUT2D eigenvalue weighted by molar-refractivity contribution is 0.101. The third-order valence-electron chi connectivity index (χ3n) is 4.64. The van der Waals surface area contributed by atoms with Crippen molar-refractivity contribution in [2.75, 3.05) is 10.6 Å². The van der Waals surface area contributed by atoms with Crippen LogP contribution in [0.2, 0.25) is 0 Å². The van der Waals surface area contributed by atoms with E-state index in [1.165, 1.54) is 0 Å². The van der Waals surface area contributed by atoms with Crippen LogP contribution < -0.4 is 16.1 Å². The fourth-order valence-electron chi connectivity index (χ4n) is 2.86. The zero-order chi connectivity index (χ0) is 24.3. The van der Waals surface area contributed by atoms with Crippen LogP contribution in [-0.2, 0) is 0 Å². The van der Waals surface area contributed by atoms with Crippen molar-refractivity contribution < 1.29 is 19.6 Å². The molecule has 4 aromatic carbocycles.